The van der Waals surface area contributed by atoms with E-state index in [1.165, 1.54) is 5.57 Å². The number of nitrogens with one attached hydrogen (secondary N) is 1. The molecule has 5 nitrogen and oxygen atoms in total. The third-order valence-corrected chi connectivity index (χ3v) is 7.06. The first-order chi connectivity index (χ1) is 17.7. The Morgan fingerprint density at radius 2 is 1.59 bits per heavy atom. The lowest BCUT2D eigenvalue weighted by atomic mass is 9.74. The molecule has 0 radical (unpaired) electrons. The van der Waals surface area contributed by atoms with Gasteiger partial charge in [-0.05, 0) is 73.4 Å². The predicted octanol–water partition coefficient (Wildman–Crippen LogP) is 7.87. The molecule has 2 aromatic rings. The molecule has 0 aliphatic heterocycles. The maximum absolute atomic E-state index is 10.9. The third-order valence-electron chi connectivity index (χ3n) is 7.06. The van der Waals surface area contributed by atoms with E-state index in [1.54, 1.807) is 14.2 Å². The third kappa shape index (κ3) is 7.34. The fourth-order valence-corrected chi connectivity index (χ4v) is 5.10. The van der Waals surface area contributed by atoms with E-state index in [9.17, 15) is 5.11 Å². The van der Waals surface area contributed by atoms with E-state index >= 15 is 0 Å². The topological polar surface area (TPSA) is 76.7 Å². The van der Waals surface area contributed by atoms with Crippen molar-refractivity contribution < 1.29 is 14.6 Å². The summed E-state index contributed by atoms with van der Waals surface area (Å²) < 4.78 is 11.7. The summed E-state index contributed by atoms with van der Waals surface area (Å²) in [6.45, 7) is 12.7. The molecule has 0 amide bonds. The molecule has 0 heterocycles. The van der Waals surface area contributed by atoms with Gasteiger partial charge in [-0.15, -0.1) is 0 Å². The van der Waals surface area contributed by atoms with E-state index in [0.717, 1.165) is 70.8 Å². The highest BCUT2D eigenvalue weighted by Gasteiger charge is 2.36. The molecular formula is C32H44N2O3. The number of anilines is 1. The van der Waals surface area contributed by atoms with E-state index in [-0.39, 0.29) is 17.7 Å². The molecule has 2 atom stereocenters. The standard InChI is InChI=1S/C32H44N2O3/c1-20(2)11-12-22(5)29(31-27(36-6)9-8-10-28(31)37-7)30(24-15-16-24)26(32(33)35)19-23-13-17-25(18-14-23)34-21(3)4/h8-10,13-14,17-18,20,22,29,34-35H,3,11-12,15-16,19,33H2,1-2,4-7H3/b32-26+. The summed E-state index contributed by atoms with van der Waals surface area (Å²) in [6.07, 6.45) is 4.72. The molecule has 0 spiro atoms. The number of hydrogen-bond donors (Lipinski definition) is 3. The number of methoxy groups -OCH3 is 2. The normalized spacial score (nSPS) is 15.1. The number of rotatable bonds is 13. The SMILES string of the molecule is C=C(C)Nc1ccc(C/C(C(=C2CC2)C(c2c(OC)cccc2OC)C(C)CCC(C)C)=C(/N)O)cc1. The molecule has 1 saturated carbocycles. The van der Waals surface area contributed by atoms with Gasteiger partial charge < -0.3 is 25.6 Å². The zero-order chi connectivity index (χ0) is 27.1. The monoisotopic (exact) mass is 504 g/mol. The van der Waals surface area contributed by atoms with Crippen LogP contribution >= 0.6 is 0 Å². The van der Waals surface area contributed by atoms with Crippen LogP contribution in [0.1, 0.15) is 70.4 Å². The largest absolute Gasteiger partial charge is 0.496 e. The number of benzene rings is 2. The van der Waals surface area contributed by atoms with E-state index in [2.05, 4.69) is 44.8 Å². The summed E-state index contributed by atoms with van der Waals surface area (Å²) in [5.74, 6) is 2.34. The van der Waals surface area contributed by atoms with E-state index in [1.807, 2.05) is 37.3 Å². The van der Waals surface area contributed by atoms with Gasteiger partial charge in [0.25, 0.3) is 0 Å². The molecular weight excluding hydrogens is 460 g/mol. The van der Waals surface area contributed by atoms with Gasteiger partial charge in [-0.25, -0.2) is 0 Å². The Hall–Kier alpha value is -3.34. The maximum atomic E-state index is 10.9. The molecule has 0 aromatic heterocycles. The summed E-state index contributed by atoms with van der Waals surface area (Å²) in [6, 6.07) is 14.2. The number of allylic oxidation sites excluding steroid dienone is 4. The van der Waals surface area contributed by atoms with Gasteiger partial charge in [0.15, 0.2) is 5.88 Å². The zero-order valence-corrected chi connectivity index (χ0v) is 23.4. The average molecular weight is 505 g/mol. The van der Waals surface area contributed by atoms with Crippen molar-refractivity contribution in [3.8, 4) is 11.5 Å². The van der Waals surface area contributed by atoms with Crippen LogP contribution in [0.3, 0.4) is 0 Å². The van der Waals surface area contributed by atoms with Gasteiger partial charge in [0.2, 0.25) is 0 Å². The van der Waals surface area contributed by atoms with Crippen LogP contribution in [0.2, 0.25) is 0 Å². The summed E-state index contributed by atoms with van der Waals surface area (Å²) in [5.41, 5.74) is 13.5. The van der Waals surface area contributed by atoms with Gasteiger partial charge in [-0.2, -0.15) is 0 Å². The van der Waals surface area contributed by atoms with Crippen LogP contribution in [0, 0.1) is 11.8 Å². The average Bonchev–Trinajstić information content (AvgIpc) is 3.70. The van der Waals surface area contributed by atoms with Gasteiger partial charge in [0, 0.05) is 34.9 Å². The molecule has 2 unspecified atom stereocenters. The molecule has 5 heteroatoms. The molecule has 0 saturated heterocycles. The van der Waals surface area contributed by atoms with Gasteiger partial charge in [-0.1, -0.05) is 57.5 Å². The van der Waals surface area contributed by atoms with Crippen LogP contribution in [-0.4, -0.2) is 19.3 Å². The van der Waals surface area contributed by atoms with Gasteiger partial charge >= 0.3 is 0 Å². The number of aliphatic hydroxyl groups excluding tert-OH is 1. The highest BCUT2D eigenvalue weighted by atomic mass is 16.5. The smallest absolute Gasteiger partial charge is 0.185 e. The van der Waals surface area contributed by atoms with Gasteiger partial charge in [0.1, 0.15) is 11.5 Å². The molecule has 1 aliphatic rings. The first-order valence-corrected chi connectivity index (χ1v) is 13.3. The lowest BCUT2D eigenvalue weighted by Crippen LogP contribution is -2.20. The highest BCUT2D eigenvalue weighted by Crippen LogP contribution is 2.51. The van der Waals surface area contributed by atoms with E-state index in [0.29, 0.717) is 12.3 Å². The summed E-state index contributed by atoms with van der Waals surface area (Å²) in [7, 11) is 3.41. The molecule has 4 N–H and O–H groups in total. The van der Waals surface area contributed by atoms with Crippen LogP contribution in [0.15, 0.2) is 77.3 Å². The lowest BCUT2D eigenvalue weighted by Gasteiger charge is -2.32. The van der Waals surface area contributed by atoms with E-state index in [4.69, 9.17) is 15.2 Å². The molecule has 2 aromatic carbocycles. The second kappa shape index (κ2) is 12.8. The van der Waals surface area contributed by atoms with Crippen LogP contribution in [0.4, 0.5) is 5.69 Å². The fourth-order valence-electron chi connectivity index (χ4n) is 5.10. The van der Waals surface area contributed by atoms with Crippen molar-refractivity contribution in [3.63, 3.8) is 0 Å². The lowest BCUT2D eigenvalue weighted by molar-refractivity contribution is 0.355. The van der Waals surface area contributed by atoms with Crippen LogP contribution in [-0.2, 0) is 6.42 Å². The van der Waals surface area contributed by atoms with Crippen molar-refractivity contribution in [2.24, 2.45) is 17.6 Å². The van der Waals surface area contributed by atoms with Crippen molar-refractivity contribution >= 4 is 5.69 Å². The zero-order valence-electron chi connectivity index (χ0n) is 23.4. The number of ether oxygens (including phenoxy) is 2. The first-order valence-electron chi connectivity index (χ1n) is 13.3. The number of nitrogens with two attached hydrogens (primary N) is 1. The van der Waals surface area contributed by atoms with Gasteiger partial charge in [0.05, 0.1) is 14.2 Å². The minimum absolute atomic E-state index is 0.0209. The molecule has 0 bridgehead atoms. The molecule has 1 fully saturated rings. The van der Waals surface area contributed by atoms with Crippen molar-refractivity contribution in [1.82, 2.24) is 0 Å². The Morgan fingerprint density at radius 3 is 2.05 bits per heavy atom. The Balaban J connectivity index is 2.11. The Kier molecular flexibility index (Phi) is 9.73. The van der Waals surface area contributed by atoms with Crippen molar-refractivity contribution in [2.75, 3.05) is 19.5 Å². The maximum Gasteiger partial charge on any atom is 0.185 e. The summed E-state index contributed by atoms with van der Waals surface area (Å²) in [4.78, 5) is 0. The second-order valence-corrected chi connectivity index (χ2v) is 10.7. The Labute approximate surface area is 223 Å². The Morgan fingerprint density at radius 1 is 1.00 bits per heavy atom. The first kappa shape index (κ1) is 28.2. The van der Waals surface area contributed by atoms with E-state index < -0.39 is 0 Å². The highest BCUT2D eigenvalue weighted by molar-refractivity contribution is 5.58. The van der Waals surface area contributed by atoms with Crippen LogP contribution in [0.25, 0.3) is 0 Å². The Bertz CT molecular complexity index is 1110. The van der Waals surface area contributed by atoms with Crippen molar-refractivity contribution in [1.29, 1.82) is 0 Å². The van der Waals surface area contributed by atoms with Crippen LogP contribution < -0.4 is 20.5 Å². The van der Waals surface area contributed by atoms with Gasteiger partial charge in [-0.3, -0.25) is 0 Å². The molecule has 3 rings (SSSR count). The number of hydrogen-bond acceptors (Lipinski definition) is 5. The minimum Gasteiger partial charge on any atom is -0.496 e. The summed E-state index contributed by atoms with van der Waals surface area (Å²) >= 11 is 0. The predicted molar refractivity (Wildman–Crippen MR) is 154 cm³/mol. The second-order valence-electron chi connectivity index (χ2n) is 10.7. The molecule has 200 valence electrons. The van der Waals surface area contributed by atoms with Crippen molar-refractivity contribution in [3.05, 3.63) is 88.5 Å². The number of aliphatic hydroxyl groups is 1. The summed E-state index contributed by atoms with van der Waals surface area (Å²) in [5, 5.41) is 14.1. The molecule has 37 heavy (non-hydrogen) atoms. The fraction of sp³-hybridized carbons (Fsp3) is 0.438. The van der Waals surface area contributed by atoms with Crippen LogP contribution in [0.5, 0.6) is 11.5 Å². The molecule has 1 aliphatic carbocycles. The minimum atomic E-state index is -0.117. The van der Waals surface area contributed by atoms with Crippen molar-refractivity contribution in [2.45, 2.75) is 65.7 Å². The quantitative estimate of drug-likeness (QED) is 0.242.